The molecule has 1 saturated heterocycles. The number of aromatic nitrogens is 3. The van der Waals surface area contributed by atoms with Crippen molar-refractivity contribution in [2.75, 3.05) is 26.9 Å². The van der Waals surface area contributed by atoms with Gasteiger partial charge in [-0.25, -0.2) is 4.98 Å². The highest BCUT2D eigenvalue weighted by Gasteiger charge is 2.27. The summed E-state index contributed by atoms with van der Waals surface area (Å²) < 4.78 is 11.0. The number of nitrogens with zero attached hydrogens (tertiary/aromatic N) is 4. The first-order valence-corrected chi connectivity index (χ1v) is 7.06. The van der Waals surface area contributed by atoms with Gasteiger partial charge in [-0.05, 0) is 18.2 Å². The third kappa shape index (κ3) is 2.93. The first kappa shape index (κ1) is 14.5. The van der Waals surface area contributed by atoms with E-state index in [0.29, 0.717) is 25.3 Å². The van der Waals surface area contributed by atoms with Gasteiger partial charge < -0.3 is 9.47 Å². The Bertz CT molecular complexity index is 665. The maximum Gasteiger partial charge on any atom is 0.143 e. The Hall–Kier alpha value is -2.43. The molecular weight excluding hydrogens is 282 g/mol. The molecule has 1 aromatic heterocycles. The van der Waals surface area contributed by atoms with Crippen molar-refractivity contribution in [3.63, 3.8) is 0 Å². The summed E-state index contributed by atoms with van der Waals surface area (Å²) in [5.74, 6) is 1.57. The number of aromatic amines is 1. The molecule has 1 N–H and O–H groups in total. The molecule has 0 amide bonds. The molecule has 1 unspecified atom stereocenters. The lowest BCUT2D eigenvalue weighted by Crippen LogP contribution is -2.39. The number of nitrogens with one attached hydrogen (secondary N) is 1. The summed E-state index contributed by atoms with van der Waals surface area (Å²) in [4.78, 5) is 6.49. The van der Waals surface area contributed by atoms with Crippen LogP contribution in [-0.4, -0.2) is 46.9 Å². The Morgan fingerprint density at radius 2 is 2.45 bits per heavy atom. The topological polar surface area (TPSA) is 87.1 Å². The van der Waals surface area contributed by atoms with Gasteiger partial charge in [0.2, 0.25) is 0 Å². The quantitative estimate of drug-likeness (QED) is 0.914. The molecule has 22 heavy (non-hydrogen) atoms. The van der Waals surface area contributed by atoms with Crippen LogP contribution in [0.2, 0.25) is 0 Å². The Morgan fingerprint density at radius 1 is 1.55 bits per heavy atom. The molecule has 1 atom stereocenters. The Kier molecular flexibility index (Phi) is 4.32. The lowest BCUT2D eigenvalue weighted by atomic mass is 10.1. The summed E-state index contributed by atoms with van der Waals surface area (Å²) in [5.41, 5.74) is 1.60. The van der Waals surface area contributed by atoms with Gasteiger partial charge in [0, 0.05) is 18.7 Å². The number of H-pyrrole nitrogens is 1. The van der Waals surface area contributed by atoms with E-state index in [4.69, 9.17) is 14.7 Å². The monoisotopic (exact) mass is 299 g/mol. The van der Waals surface area contributed by atoms with Gasteiger partial charge in [0.1, 0.15) is 17.9 Å². The SMILES string of the molecule is COc1ccc(C#N)cc1CN1CCOCC1c1ncn[nH]1. The van der Waals surface area contributed by atoms with Crippen molar-refractivity contribution in [1.29, 1.82) is 5.26 Å². The van der Waals surface area contributed by atoms with Crippen LogP contribution in [0.15, 0.2) is 24.5 Å². The van der Waals surface area contributed by atoms with Gasteiger partial charge in [-0.1, -0.05) is 0 Å². The minimum absolute atomic E-state index is 0.0201. The Morgan fingerprint density at radius 3 is 3.18 bits per heavy atom. The van der Waals surface area contributed by atoms with Crippen LogP contribution in [0.25, 0.3) is 0 Å². The van der Waals surface area contributed by atoms with Crippen molar-refractivity contribution in [2.24, 2.45) is 0 Å². The van der Waals surface area contributed by atoms with E-state index in [9.17, 15) is 0 Å². The highest BCUT2D eigenvalue weighted by atomic mass is 16.5. The highest BCUT2D eigenvalue weighted by molar-refractivity contribution is 5.42. The van der Waals surface area contributed by atoms with Gasteiger partial charge >= 0.3 is 0 Å². The van der Waals surface area contributed by atoms with Gasteiger partial charge in [0.05, 0.1) is 38.0 Å². The first-order valence-electron chi connectivity index (χ1n) is 7.06. The Balaban J connectivity index is 1.85. The molecule has 0 aliphatic carbocycles. The molecular formula is C15H17N5O2. The van der Waals surface area contributed by atoms with Gasteiger partial charge in [0.15, 0.2) is 0 Å². The van der Waals surface area contributed by atoms with Crippen molar-refractivity contribution in [1.82, 2.24) is 20.1 Å². The van der Waals surface area contributed by atoms with Crippen LogP contribution in [0, 0.1) is 11.3 Å². The minimum Gasteiger partial charge on any atom is -0.496 e. The average Bonchev–Trinajstić information content (AvgIpc) is 3.09. The van der Waals surface area contributed by atoms with E-state index in [-0.39, 0.29) is 6.04 Å². The second-order valence-corrected chi connectivity index (χ2v) is 5.07. The zero-order valence-electron chi connectivity index (χ0n) is 12.3. The highest BCUT2D eigenvalue weighted by Crippen LogP contribution is 2.27. The van der Waals surface area contributed by atoms with Crippen LogP contribution in [0.3, 0.4) is 0 Å². The number of morpholine rings is 1. The zero-order chi connectivity index (χ0) is 15.4. The summed E-state index contributed by atoms with van der Waals surface area (Å²) in [5, 5.41) is 15.9. The predicted molar refractivity (Wildman–Crippen MR) is 78.1 cm³/mol. The van der Waals surface area contributed by atoms with Gasteiger partial charge in [-0.15, -0.1) is 0 Å². The van der Waals surface area contributed by atoms with E-state index in [2.05, 4.69) is 26.2 Å². The van der Waals surface area contributed by atoms with E-state index in [1.54, 1.807) is 13.2 Å². The number of rotatable bonds is 4. The van der Waals surface area contributed by atoms with Crippen LogP contribution in [-0.2, 0) is 11.3 Å². The number of methoxy groups -OCH3 is 1. The van der Waals surface area contributed by atoms with Crippen molar-refractivity contribution >= 4 is 0 Å². The summed E-state index contributed by atoms with van der Waals surface area (Å²) >= 11 is 0. The van der Waals surface area contributed by atoms with E-state index in [1.165, 1.54) is 6.33 Å². The number of benzene rings is 1. The second-order valence-electron chi connectivity index (χ2n) is 5.07. The third-order valence-corrected chi connectivity index (χ3v) is 3.77. The molecule has 2 aromatic rings. The standard InChI is InChI=1S/C15H17N5O2/c1-21-14-3-2-11(7-16)6-12(14)8-20-4-5-22-9-13(20)15-17-10-18-19-15/h2-3,6,10,13H,4-5,8-9H2,1H3,(H,17,18,19). The molecule has 3 rings (SSSR count). The van der Waals surface area contributed by atoms with Gasteiger partial charge in [-0.3, -0.25) is 10.00 Å². The fourth-order valence-electron chi connectivity index (χ4n) is 2.65. The largest absolute Gasteiger partial charge is 0.496 e. The lowest BCUT2D eigenvalue weighted by Gasteiger charge is -2.34. The van der Waals surface area contributed by atoms with Crippen molar-refractivity contribution in [3.05, 3.63) is 41.5 Å². The fraction of sp³-hybridized carbons (Fsp3) is 0.400. The molecule has 1 fully saturated rings. The summed E-state index contributed by atoms with van der Waals surface area (Å²) in [6.45, 7) is 2.68. The molecule has 7 heteroatoms. The molecule has 0 saturated carbocycles. The van der Waals surface area contributed by atoms with Crippen molar-refractivity contribution in [3.8, 4) is 11.8 Å². The fourth-order valence-corrected chi connectivity index (χ4v) is 2.65. The van der Waals surface area contributed by atoms with E-state index in [0.717, 1.165) is 23.7 Å². The van der Waals surface area contributed by atoms with E-state index >= 15 is 0 Å². The van der Waals surface area contributed by atoms with Crippen LogP contribution in [0.1, 0.15) is 23.0 Å². The molecule has 0 bridgehead atoms. The third-order valence-electron chi connectivity index (χ3n) is 3.77. The minimum atomic E-state index is 0.0201. The van der Waals surface area contributed by atoms with Gasteiger partial charge in [0.25, 0.3) is 0 Å². The summed E-state index contributed by atoms with van der Waals surface area (Å²) in [7, 11) is 1.64. The Labute approximate surface area is 128 Å². The zero-order valence-corrected chi connectivity index (χ0v) is 12.3. The smallest absolute Gasteiger partial charge is 0.143 e. The van der Waals surface area contributed by atoms with E-state index < -0.39 is 0 Å². The second kappa shape index (κ2) is 6.56. The molecule has 1 aliphatic heterocycles. The summed E-state index contributed by atoms with van der Waals surface area (Å²) in [6.07, 6.45) is 1.50. The van der Waals surface area contributed by atoms with E-state index in [1.807, 2.05) is 12.1 Å². The normalized spacial score (nSPS) is 18.8. The number of hydrogen-bond acceptors (Lipinski definition) is 6. The molecule has 0 radical (unpaired) electrons. The molecule has 0 spiro atoms. The van der Waals surface area contributed by atoms with Crippen LogP contribution in [0.4, 0.5) is 0 Å². The molecule has 1 aromatic carbocycles. The van der Waals surface area contributed by atoms with Gasteiger partial charge in [-0.2, -0.15) is 10.4 Å². The number of nitriles is 1. The molecule has 1 aliphatic rings. The maximum absolute atomic E-state index is 9.09. The molecule has 114 valence electrons. The van der Waals surface area contributed by atoms with Crippen molar-refractivity contribution < 1.29 is 9.47 Å². The summed E-state index contributed by atoms with van der Waals surface area (Å²) in [6, 6.07) is 7.64. The van der Waals surface area contributed by atoms with Crippen molar-refractivity contribution in [2.45, 2.75) is 12.6 Å². The average molecular weight is 299 g/mol. The molecule has 2 heterocycles. The molecule has 7 nitrogen and oxygen atoms in total. The lowest BCUT2D eigenvalue weighted by molar-refractivity contribution is -0.0160. The van der Waals surface area contributed by atoms with Crippen LogP contribution >= 0.6 is 0 Å². The van der Waals surface area contributed by atoms with Crippen LogP contribution in [0.5, 0.6) is 5.75 Å². The van der Waals surface area contributed by atoms with Crippen LogP contribution < -0.4 is 4.74 Å². The maximum atomic E-state index is 9.09. The number of ether oxygens (including phenoxy) is 2. The predicted octanol–water partition coefficient (Wildman–Crippen LogP) is 1.26. The first-order chi connectivity index (χ1) is 10.8. The number of hydrogen-bond donors (Lipinski definition) is 1.